The summed E-state index contributed by atoms with van der Waals surface area (Å²) in [5, 5.41) is 9.59. The third-order valence-electron chi connectivity index (χ3n) is 6.43. The number of fused-ring (bicyclic) bond motifs is 3. The molecule has 0 radical (unpaired) electrons. The molecule has 0 aromatic carbocycles. The molecule has 126 valence electrons. The summed E-state index contributed by atoms with van der Waals surface area (Å²) in [5.74, 6) is -0.413. The lowest BCUT2D eigenvalue weighted by atomic mass is 9.56. The molecule has 6 heteroatoms. The Labute approximate surface area is 134 Å². The number of aliphatic hydroxyl groups excluding tert-OH is 1. The predicted molar refractivity (Wildman–Crippen MR) is 78.5 cm³/mol. The van der Waals surface area contributed by atoms with E-state index in [0.717, 1.165) is 5.57 Å². The summed E-state index contributed by atoms with van der Waals surface area (Å²) in [4.78, 5) is 24.0. The maximum absolute atomic E-state index is 12.6. The minimum absolute atomic E-state index is 0.00137. The highest BCUT2D eigenvalue weighted by atomic mass is 16.6. The van der Waals surface area contributed by atoms with Crippen LogP contribution in [0.1, 0.15) is 34.1 Å². The Kier molecular flexibility index (Phi) is 2.82. The molecule has 0 bridgehead atoms. The maximum atomic E-state index is 12.6. The maximum Gasteiger partial charge on any atom is 0.303 e. The van der Waals surface area contributed by atoms with Crippen molar-refractivity contribution in [3.63, 3.8) is 0 Å². The van der Waals surface area contributed by atoms with Gasteiger partial charge in [-0.3, -0.25) is 9.59 Å². The Morgan fingerprint density at radius 3 is 2.74 bits per heavy atom. The molecule has 7 atom stereocenters. The predicted octanol–water partition coefficient (Wildman–Crippen LogP) is 0.761. The third kappa shape index (κ3) is 1.74. The van der Waals surface area contributed by atoms with Crippen molar-refractivity contribution in [2.24, 2.45) is 11.3 Å². The summed E-state index contributed by atoms with van der Waals surface area (Å²) >= 11 is 0. The first-order valence-electron chi connectivity index (χ1n) is 8.09. The molecule has 23 heavy (non-hydrogen) atoms. The second-order valence-electron chi connectivity index (χ2n) is 7.76. The van der Waals surface area contributed by atoms with E-state index < -0.39 is 11.2 Å². The van der Waals surface area contributed by atoms with Crippen LogP contribution in [0.2, 0.25) is 0 Å². The number of esters is 1. The molecule has 2 heterocycles. The van der Waals surface area contributed by atoms with Gasteiger partial charge in [0, 0.05) is 18.3 Å². The summed E-state index contributed by atoms with van der Waals surface area (Å²) in [5.41, 5.74) is -1.17. The van der Waals surface area contributed by atoms with Crippen molar-refractivity contribution < 1.29 is 28.9 Å². The Hall–Kier alpha value is -1.24. The van der Waals surface area contributed by atoms with E-state index in [1.165, 1.54) is 6.92 Å². The molecule has 2 saturated heterocycles. The molecular formula is C17H22O6. The average molecular weight is 322 g/mol. The molecule has 1 N–H and O–H groups in total. The fraction of sp³-hybridized carbons (Fsp3) is 0.765. The van der Waals surface area contributed by atoms with Crippen LogP contribution < -0.4 is 0 Å². The smallest absolute Gasteiger partial charge is 0.303 e. The summed E-state index contributed by atoms with van der Waals surface area (Å²) in [6, 6.07) is 0. The van der Waals surface area contributed by atoms with Crippen LogP contribution in [-0.2, 0) is 23.8 Å². The van der Waals surface area contributed by atoms with Crippen LogP contribution in [0.3, 0.4) is 0 Å². The first kappa shape index (κ1) is 15.3. The average Bonchev–Trinajstić information content (AvgIpc) is 3.36. The van der Waals surface area contributed by atoms with Gasteiger partial charge in [0.25, 0.3) is 0 Å². The second kappa shape index (κ2) is 4.23. The summed E-state index contributed by atoms with van der Waals surface area (Å²) in [6.45, 7) is 7.08. The molecule has 2 aliphatic heterocycles. The lowest BCUT2D eigenvalue weighted by Crippen LogP contribution is -2.53. The van der Waals surface area contributed by atoms with Crippen LogP contribution >= 0.6 is 0 Å². The molecule has 6 nitrogen and oxygen atoms in total. The van der Waals surface area contributed by atoms with E-state index >= 15 is 0 Å². The van der Waals surface area contributed by atoms with Gasteiger partial charge in [-0.05, 0) is 25.0 Å². The van der Waals surface area contributed by atoms with E-state index in [0.29, 0.717) is 6.42 Å². The third-order valence-corrected chi connectivity index (χ3v) is 6.43. The van der Waals surface area contributed by atoms with Crippen molar-refractivity contribution in [1.29, 1.82) is 0 Å². The van der Waals surface area contributed by atoms with Crippen molar-refractivity contribution in [1.82, 2.24) is 0 Å². The number of hydrogen-bond donors (Lipinski definition) is 1. The highest BCUT2D eigenvalue weighted by molar-refractivity contribution is 6.02. The number of carbonyl (C=O) groups excluding carboxylic acids is 2. The molecule has 0 amide bonds. The number of ether oxygens (including phenoxy) is 3. The van der Waals surface area contributed by atoms with Gasteiger partial charge in [-0.1, -0.05) is 13.8 Å². The standard InChI is InChI=1S/C17H22O6/c1-8-12(21-9(2)19)14-13(22-14)10-5-11(20)17(6-15(8,10)3)16(4,7-18)23-17/h5,8,12-14,18H,6-7H2,1-4H3. The van der Waals surface area contributed by atoms with Crippen LogP contribution in [0.15, 0.2) is 11.6 Å². The van der Waals surface area contributed by atoms with Crippen molar-refractivity contribution >= 4 is 11.8 Å². The summed E-state index contributed by atoms with van der Waals surface area (Å²) in [6.07, 6.45) is 1.51. The minimum atomic E-state index is -0.962. The Morgan fingerprint density at radius 2 is 2.17 bits per heavy atom. The van der Waals surface area contributed by atoms with Gasteiger partial charge in [-0.15, -0.1) is 0 Å². The van der Waals surface area contributed by atoms with Crippen molar-refractivity contribution in [3.8, 4) is 0 Å². The van der Waals surface area contributed by atoms with E-state index in [1.807, 2.05) is 6.92 Å². The van der Waals surface area contributed by atoms with E-state index in [1.54, 1.807) is 13.0 Å². The van der Waals surface area contributed by atoms with E-state index in [9.17, 15) is 14.7 Å². The van der Waals surface area contributed by atoms with E-state index in [-0.39, 0.29) is 48.0 Å². The van der Waals surface area contributed by atoms with Crippen molar-refractivity contribution in [3.05, 3.63) is 11.6 Å². The fourth-order valence-electron chi connectivity index (χ4n) is 4.64. The normalized spacial score (nSPS) is 53.3. The summed E-state index contributed by atoms with van der Waals surface area (Å²) < 4.78 is 17.0. The largest absolute Gasteiger partial charge is 0.459 e. The highest BCUT2D eigenvalue weighted by Gasteiger charge is 2.76. The minimum Gasteiger partial charge on any atom is -0.459 e. The zero-order valence-corrected chi connectivity index (χ0v) is 13.8. The monoisotopic (exact) mass is 322 g/mol. The molecule has 1 saturated carbocycles. The molecular weight excluding hydrogens is 300 g/mol. The van der Waals surface area contributed by atoms with Gasteiger partial charge in [0.2, 0.25) is 0 Å². The van der Waals surface area contributed by atoms with Crippen LogP contribution in [0.25, 0.3) is 0 Å². The lowest BCUT2D eigenvalue weighted by Gasteiger charge is -2.47. The van der Waals surface area contributed by atoms with Gasteiger partial charge in [-0.25, -0.2) is 0 Å². The van der Waals surface area contributed by atoms with Crippen molar-refractivity contribution in [2.45, 2.75) is 63.6 Å². The first-order valence-corrected chi connectivity index (χ1v) is 8.09. The number of carbonyl (C=O) groups is 2. The molecule has 4 aliphatic rings. The molecule has 3 fully saturated rings. The first-order chi connectivity index (χ1) is 10.7. The summed E-state index contributed by atoms with van der Waals surface area (Å²) in [7, 11) is 0. The van der Waals surface area contributed by atoms with E-state index in [2.05, 4.69) is 6.92 Å². The van der Waals surface area contributed by atoms with Gasteiger partial charge in [0.05, 0.1) is 6.61 Å². The highest BCUT2D eigenvalue weighted by Crippen LogP contribution is 2.65. The van der Waals surface area contributed by atoms with Crippen LogP contribution in [0.4, 0.5) is 0 Å². The number of ketones is 1. The number of rotatable bonds is 2. The van der Waals surface area contributed by atoms with Gasteiger partial charge in [-0.2, -0.15) is 0 Å². The Morgan fingerprint density at radius 1 is 1.48 bits per heavy atom. The number of hydrogen-bond acceptors (Lipinski definition) is 6. The van der Waals surface area contributed by atoms with Gasteiger partial charge in [0.1, 0.15) is 23.9 Å². The quantitative estimate of drug-likeness (QED) is 0.596. The molecule has 1 spiro atoms. The fourth-order valence-corrected chi connectivity index (χ4v) is 4.64. The number of aliphatic hydroxyl groups is 1. The zero-order valence-electron chi connectivity index (χ0n) is 13.8. The SMILES string of the molecule is CC(=O)OC1C2OC2C2=CC(=O)C3(CC2(C)C1C)OC3(C)CO. The lowest BCUT2D eigenvalue weighted by molar-refractivity contribution is -0.153. The molecule has 0 aromatic rings. The van der Waals surface area contributed by atoms with Crippen LogP contribution in [0, 0.1) is 11.3 Å². The number of epoxide rings is 2. The second-order valence-corrected chi connectivity index (χ2v) is 7.76. The molecule has 0 aromatic heterocycles. The molecule has 7 unspecified atom stereocenters. The van der Waals surface area contributed by atoms with E-state index in [4.69, 9.17) is 14.2 Å². The van der Waals surface area contributed by atoms with Gasteiger partial charge in [0.15, 0.2) is 11.4 Å². The van der Waals surface area contributed by atoms with Crippen LogP contribution in [0.5, 0.6) is 0 Å². The topological polar surface area (TPSA) is 88.7 Å². The van der Waals surface area contributed by atoms with Crippen molar-refractivity contribution in [2.75, 3.05) is 6.61 Å². The Bertz CT molecular complexity index is 641. The van der Waals surface area contributed by atoms with Crippen LogP contribution in [-0.4, -0.2) is 53.0 Å². The molecule has 4 rings (SSSR count). The van der Waals surface area contributed by atoms with Gasteiger partial charge >= 0.3 is 5.97 Å². The van der Waals surface area contributed by atoms with Gasteiger partial charge < -0.3 is 19.3 Å². The molecule has 2 aliphatic carbocycles. The zero-order chi connectivity index (χ0) is 16.8. The Balaban J connectivity index is 1.73.